The van der Waals surface area contributed by atoms with Gasteiger partial charge in [0.15, 0.2) is 0 Å². The molecule has 0 unspecified atom stereocenters. The average molecular weight is 282 g/mol. The van der Waals surface area contributed by atoms with E-state index in [1.54, 1.807) is 0 Å². The Hall–Kier alpha value is -1.36. The number of halogens is 1. The summed E-state index contributed by atoms with van der Waals surface area (Å²) in [6.07, 6.45) is 0.479. The van der Waals surface area contributed by atoms with Gasteiger partial charge in [0.2, 0.25) is 11.3 Å². The summed E-state index contributed by atoms with van der Waals surface area (Å²) in [6, 6.07) is 5.60. The molecule has 0 bridgehead atoms. The Morgan fingerprint density at radius 1 is 1.60 bits per heavy atom. The first-order chi connectivity index (χ1) is 7.24. The smallest absolute Gasteiger partial charge is 0.361 e. The summed E-state index contributed by atoms with van der Waals surface area (Å²) >= 11 is 4.65. The van der Waals surface area contributed by atoms with Crippen LogP contribution in [0.3, 0.4) is 0 Å². The molecule has 6 heteroatoms. The molecule has 1 heterocycles. The second-order valence-electron chi connectivity index (χ2n) is 2.73. The van der Waals surface area contributed by atoms with Crippen LogP contribution < -0.4 is 0 Å². The van der Waals surface area contributed by atoms with Crippen LogP contribution >= 0.6 is 27.3 Å². The maximum absolute atomic E-state index is 10.5. The number of aromatic nitrogens is 1. The molecule has 0 amide bonds. The Kier molecular flexibility index (Phi) is 2.73. The van der Waals surface area contributed by atoms with Crippen molar-refractivity contribution < 1.29 is 9.58 Å². The minimum Gasteiger partial charge on any atom is -0.361 e. The number of nitrogens with zero attached hydrogens (tertiary/aromatic N) is 3. The Bertz CT molecular complexity index is 586. The molecule has 0 aliphatic rings. The van der Waals surface area contributed by atoms with Gasteiger partial charge in [0.1, 0.15) is 0 Å². The van der Waals surface area contributed by atoms with Crippen LogP contribution in [0.4, 0.5) is 0 Å². The Balaban J connectivity index is 2.66. The molecule has 0 fully saturated rings. The Morgan fingerprint density at radius 3 is 3.07 bits per heavy atom. The second-order valence-corrected chi connectivity index (χ2v) is 4.68. The van der Waals surface area contributed by atoms with E-state index in [9.17, 15) is 4.79 Å². The van der Waals surface area contributed by atoms with Gasteiger partial charge in [-0.25, -0.2) is 4.98 Å². The zero-order chi connectivity index (χ0) is 10.8. The van der Waals surface area contributed by atoms with Gasteiger partial charge in [-0.3, -0.25) is 4.79 Å². The van der Waals surface area contributed by atoms with E-state index in [0.29, 0.717) is 11.3 Å². The topological polar surface area (TPSA) is 66.4 Å². The summed E-state index contributed by atoms with van der Waals surface area (Å²) in [5.74, 6) is 0. The molecular formula is C9H4BrN3OS. The summed E-state index contributed by atoms with van der Waals surface area (Å²) < 4.78 is 1.88. The molecule has 0 spiro atoms. The van der Waals surface area contributed by atoms with E-state index >= 15 is 0 Å². The first kappa shape index (κ1) is 10.2. The molecule has 15 heavy (non-hydrogen) atoms. The minimum atomic E-state index is -0.0488. The molecule has 1 aromatic carbocycles. The molecule has 0 aliphatic carbocycles. The van der Waals surface area contributed by atoms with E-state index in [1.807, 2.05) is 18.2 Å². The van der Waals surface area contributed by atoms with Crippen molar-refractivity contribution in [3.63, 3.8) is 0 Å². The van der Waals surface area contributed by atoms with E-state index in [1.165, 1.54) is 11.3 Å². The van der Waals surface area contributed by atoms with Gasteiger partial charge in [-0.05, 0) is 18.2 Å². The van der Waals surface area contributed by atoms with Gasteiger partial charge < -0.3 is 5.53 Å². The van der Waals surface area contributed by atoms with E-state index in [-0.39, 0.29) is 5.71 Å². The molecular weight excluding hydrogens is 278 g/mol. The molecule has 0 N–H and O–H groups in total. The Morgan fingerprint density at radius 2 is 2.40 bits per heavy atom. The highest BCUT2D eigenvalue weighted by atomic mass is 79.9. The lowest BCUT2D eigenvalue weighted by Gasteiger charge is -1.86. The van der Waals surface area contributed by atoms with Gasteiger partial charge >= 0.3 is 5.71 Å². The fourth-order valence-corrected chi connectivity index (χ4v) is 2.59. The number of aldehydes is 1. The van der Waals surface area contributed by atoms with Crippen LogP contribution in [-0.2, 0) is 4.79 Å². The zero-order valence-electron chi connectivity index (χ0n) is 7.35. The number of carbonyl (C=O) groups excluding carboxylic acids is 1. The largest absolute Gasteiger partial charge is 0.390 e. The van der Waals surface area contributed by atoms with Crippen LogP contribution in [0.1, 0.15) is 5.01 Å². The fourth-order valence-electron chi connectivity index (χ4n) is 1.12. The van der Waals surface area contributed by atoms with Crippen molar-refractivity contribution in [1.29, 1.82) is 0 Å². The van der Waals surface area contributed by atoms with Crippen molar-refractivity contribution in [1.82, 2.24) is 4.98 Å². The number of benzene rings is 1. The van der Waals surface area contributed by atoms with Gasteiger partial charge in [0, 0.05) is 4.47 Å². The lowest BCUT2D eigenvalue weighted by atomic mass is 10.3. The van der Waals surface area contributed by atoms with Crippen LogP contribution in [0, 0.1) is 0 Å². The third-order valence-corrected chi connectivity index (χ3v) is 3.32. The molecule has 2 aromatic rings. The summed E-state index contributed by atoms with van der Waals surface area (Å²) in [7, 11) is 0. The van der Waals surface area contributed by atoms with E-state index in [4.69, 9.17) is 5.53 Å². The van der Waals surface area contributed by atoms with E-state index in [2.05, 4.69) is 25.7 Å². The standard InChI is InChI=1S/C9H4BrN3OS/c10-5-1-2-6-8(3-5)15-9(12-6)7(4-14)13-11/h1-4H. The third-order valence-electron chi connectivity index (χ3n) is 1.79. The van der Waals surface area contributed by atoms with Crippen molar-refractivity contribution >= 4 is 49.5 Å². The van der Waals surface area contributed by atoms with Crippen LogP contribution in [0.5, 0.6) is 0 Å². The van der Waals surface area contributed by atoms with E-state index in [0.717, 1.165) is 14.7 Å². The number of fused-ring (bicyclic) bond motifs is 1. The number of rotatable bonds is 2. The van der Waals surface area contributed by atoms with Crippen LogP contribution in [-0.4, -0.2) is 21.8 Å². The predicted octanol–water partition coefficient (Wildman–Crippen LogP) is 2.28. The molecule has 1 aromatic heterocycles. The minimum absolute atomic E-state index is 0.0488. The highest BCUT2D eigenvalue weighted by Crippen LogP contribution is 2.25. The van der Waals surface area contributed by atoms with Gasteiger partial charge in [-0.2, -0.15) is 4.79 Å². The maximum atomic E-state index is 10.5. The number of thiazole rings is 1. The van der Waals surface area contributed by atoms with Gasteiger partial charge in [0.05, 0.1) is 10.2 Å². The monoisotopic (exact) mass is 281 g/mol. The first-order valence-corrected chi connectivity index (χ1v) is 5.59. The summed E-state index contributed by atoms with van der Waals surface area (Å²) in [4.78, 5) is 17.6. The van der Waals surface area contributed by atoms with Crippen molar-refractivity contribution in [2.24, 2.45) is 0 Å². The fraction of sp³-hybridized carbons (Fsp3) is 0. The Labute approximate surface area is 97.3 Å². The zero-order valence-corrected chi connectivity index (χ0v) is 9.75. The second kappa shape index (κ2) is 4.02. The SMILES string of the molecule is [N-]=[N+]=C(C=O)c1nc2ccc(Br)cc2s1. The van der Waals surface area contributed by atoms with Crippen LogP contribution in [0.15, 0.2) is 22.7 Å². The van der Waals surface area contributed by atoms with Crippen molar-refractivity contribution in [2.75, 3.05) is 0 Å². The molecule has 4 nitrogen and oxygen atoms in total. The normalized spacial score (nSPS) is 9.93. The first-order valence-electron chi connectivity index (χ1n) is 3.98. The number of hydrogen-bond donors (Lipinski definition) is 0. The summed E-state index contributed by atoms with van der Waals surface area (Å²) in [5, 5.41) is 0.417. The lowest BCUT2D eigenvalue weighted by molar-refractivity contribution is -0.106. The molecule has 2 rings (SSSR count). The lowest BCUT2D eigenvalue weighted by Crippen LogP contribution is -2.01. The molecule has 0 saturated carbocycles. The van der Waals surface area contributed by atoms with E-state index < -0.39 is 0 Å². The van der Waals surface area contributed by atoms with Crippen molar-refractivity contribution in [3.8, 4) is 0 Å². The quantitative estimate of drug-likeness (QED) is 0.367. The summed E-state index contributed by atoms with van der Waals surface area (Å²) in [5.41, 5.74) is 9.30. The number of hydrogen-bond acceptors (Lipinski definition) is 3. The van der Waals surface area contributed by atoms with Crippen molar-refractivity contribution in [2.45, 2.75) is 0 Å². The van der Waals surface area contributed by atoms with Gasteiger partial charge in [0.25, 0.3) is 0 Å². The number of carbonyl (C=O) groups is 1. The third kappa shape index (κ3) is 1.87. The van der Waals surface area contributed by atoms with Gasteiger partial charge in [-0.1, -0.05) is 15.9 Å². The molecule has 74 valence electrons. The highest BCUT2D eigenvalue weighted by molar-refractivity contribution is 9.10. The highest BCUT2D eigenvalue weighted by Gasteiger charge is 2.16. The maximum Gasteiger partial charge on any atom is 0.390 e. The molecule has 0 radical (unpaired) electrons. The molecule has 0 saturated heterocycles. The molecule has 0 atom stereocenters. The summed E-state index contributed by atoms with van der Waals surface area (Å²) in [6.45, 7) is 0. The van der Waals surface area contributed by atoms with Crippen LogP contribution in [0.2, 0.25) is 0 Å². The molecule has 0 aliphatic heterocycles. The van der Waals surface area contributed by atoms with Crippen LogP contribution in [0.25, 0.3) is 15.7 Å². The average Bonchev–Trinajstić information content (AvgIpc) is 2.62. The van der Waals surface area contributed by atoms with Gasteiger partial charge in [-0.15, -0.1) is 11.3 Å². The van der Waals surface area contributed by atoms with Crippen molar-refractivity contribution in [3.05, 3.63) is 33.2 Å². The predicted molar refractivity (Wildman–Crippen MR) is 61.1 cm³/mol.